The first-order valence-corrected chi connectivity index (χ1v) is 11.9. The zero-order valence-electron chi connectivity index (χ0n) is 18.4. The fraction of sp³-hybridized carbons (Fsp3) is 0.160. The van der Waals surface area contributed by atoms with Crippen LogP contribution >= 0.6 is 0 Å². The summed E-state index contributed by atoms with van der Waals surface area (Å²) in [4.78, 5) is 11.3. The lowest BCUT2D eigenvalue weighted by Crippen LogP contribution is -2.06. The van der Waals surface area contributed by atoms with Crippen molar-refractivity contribution in [2.24, 2.45) is 0 Å². The number of carboxylic acids is 1. The van der Waals surface area contributed by atoms with Gasteiger partial charge in [-0.1, -0.05) is 61.0 Å². The van der Waals surface area contributed by atoms with Gasteiger partial charge in [-0.25, -0.2) is 17.9 Å². The van der Waals surface area contributed by atoms with Gasteiger partial charge in [0.05, 0.1) is 16.1 Å². The first-order chi connectivity index (χ1) is 15.7. The zero-order chi connectivity index (χ0) is 23.8. The Morgan fingerprint density at radius 2 is 1.52 bits per heavy atom. The predicted octanol–water partition coefficient (Wildman–Crippen LogP) is 4.90. The third-order valence-corrected chi connectivity index (χ3v) is 7.11. The molecule has 0 unspecified atom stereocenters. The van der Waals surface area contributed by atoms with E-state index in [1.54, 1.807) is 36.4 Å². The smallest absolute Gasteiger partial charge is 0.335 e. The van der Waals surface area contributed by atoms with E-state index in [4.69, 9.17) is 0 Å². The molecule has 168 valence electrons. The number of carbonyl (C=O) groups is 1. The maximum Gasteiger partial charge on any atom is 0.335 e. The normalized spacial score (nSPS) is 11.6. The van der Waals surface area contributed by atoms with Gasteiger partial charge in [0.2, 0.25) is 14.9 Å². The van der Waals surface area contributed by atoms with Crippen LogP contribution in [0.25, 0.3) is 16.9 Å². The molecule has 0 aliphatic carbocycles. The molecule has 0 saturated heterocycles. The van der Waals surface area contributed by atoms with Gasteiger partial charge in [0, 0.05) is 5.56 Å². The molecule has 1 aromatic heterocycles. The van der Waals surface area contributed by atoms with E-state index in [2.05, 4.69) is 10.3 Å². The van der Waals surface area contributed by atoms with Gasteiger partial charge in [-0.15, -0.1) is 5.10 Å². The first kappa shape index (κ1) is 22.4. The van der Waals surface area contributed by atoms with E-state index in [9.17, 15) is 18.3 Å². The van der Waals surface area contributed by atoms with E-state index < -0.39 is 15.8 Å². The maximum absolute atomic E-state index is 13.6. The number of sulfone groups is 1. The van der Waals surface area contributed by atoms with Gasteiger partial charge in [0.25, 0.3) is 0 Å². The van der Waals surface area contributed by atoms with E-state index in [-0.39, 0.29) is 21.4 Å². The minimum atomic E-state index is -3.97. The summed E-state index contributed by atoms with van der Waals surface area (Å²) in [7, 11) is -3.97. The number of hydrogen-bond donors (Lipinski definition) is 1. The number of rotatable bonds is 6. The molecule has 0 amide bonds. The molecule has 3 aromatic carbocycles. The van der Waals surface area contributed by atoms with Crippen LogP contribution in [0.4, 0.5) is 0 Å². The molecule has 0 spiro atoms. The van der Waals surface area contributed by atoms with Crippen molar-refractivity contribution in [1.29, 1.82) is 0 Å². The van der Waals surface area contributed by atoms with Crippen molar-refractivity contribution >= 4 is 15.8 Å². The fourth-order valence-electron chi connectivity index (χ4n) is 3.48. The van der Waals surface area contributed by atoms with Crippen LogP contribution in [0.5, 0.6) is 0 Å². The van der Waals surface area contributed by atoms with Gasteiger partial charge in [-0.3, -0.25) is 0 Å². The molecule has 0 radical (unpaired) electrons. The summed E-state index contributed by atoms with van der Waals surface area (Å²) in [6.45, 7) is 6.03. The summed E-state index contributed by atoms with van der Waals surface area (Å²) in [5.41, 5.74) is 3.62. The first-order valence-electron chi connectivity index (χ1n) is 10.4. The van der Waals surface area contributed by atoms with Crippen LogP contribution in [0.1, 0.15) is 41.3 Å². The molecule has 1 N–H and O–H groups in total. The average Bonchev–Trinajstić information content (AvgIpc) is 3.26. The van der Waals surface area contributed by atoms with Crippen molar-refractivity contribution in [3.8, 4) is 16.9 Å². The number of hydrogen-bond acceptors (Lipinski definition) is 5. The number of aromatic carboxylic acids is 1. The van der Waals surface area contributed by atoms with Crippen LogP contribution in [-0.4, -0.2) is 34.5 Å². The molecular formula is C25H23N3O4S. The van der Waals surface area contributed by atoms with Crippen LogP contribution in [-0.2, 0) is 9.84 Å². The Morgan fingerprint density at radius 1 is 0.909 bits per heavy atom. The van der Waals surface area contributed by atoms with Gasteiger partial charge in [-0.05, 0) is 54.8 Å². The van der Waals surface area contributed by atoms with Crippen molar-refractivity contribution in [3.63, 3.8) is 0 Å². The van der Waals surface area contributed by atoms with Gasteiger partial charge in [0.15, 0.2) is 0 Å². The number of nitrogens with zero attached hydrogens (tertiary/aromatic N) is 3. The third kappa shape index (κ3) is 4.29. The molecule has 1 heterocycles. The molecule has 0 fully saturated rings. The number of aryl methyl sites for hydroxylation is 1. The Labute approximate surface area is 192 Å². The number of benzene rings is 3. The molecule has 4 aromatic rings. The lowest BCUT2D eigenvalue weighted by Gasteiger charge is -2.11. The van der Waals surface area contributed by atoms with Crippen LogP contribution in [0, 0.1) is 6.92 Å². The van der Waals surface area contributed by atoms with Crippen molar-refractivity contribution < 1.29 is 18.3 Å². The molecule has 7 nitrogen and oxygen atoms in total. The van der Waals surface area contributed by atoms with Crippen molar-refractivity contribution in [2.75, 3.05) is 0 Å². The minimum Gasteiger partial charge on any atom is -0.478 e. The van der Waals surface area contributed by atoms with E-state index in [1.807, 2.05) is 45.0 Å². The molecule has 0 saturated carbocycles. The summed E-state index contributed by atoms with van der Waals surface area (Å²) in [6, 6.07) is 20.2. The molecule has 33 heavy (non-hydrogen) atoms. The van der Waals surface area contributed by atoms with Crippen molar-refractivity contribution in [3.05, 3.63) is 89.5 Å². The fourth-order valence-corrected chi connectivity index (χ4v) is 4.80. The molecule has 0 aliphatic rings. The molecule has 0 atom stereocenters. The summed E-state index contributed by atoms with van der Waals surface area (Å²) < 4.78 is 28.6. The second-order valence-electron chi connectivity index (χ2n) is 8.10. The summed E-state index contributed by atoms with van der Waals surface area (Å²) in [5, 5.41) is 17.2. The highest BCUT2D eigenvalue weighted by atomic mass is 32.2. The monoisotopic (exact) mass is 461 g/mol. The number of aromatic nitrogens is 3. The molecule has 0 bridgehead atoms. The van der Waals surface area contributed by atoms with Gasteiger partial charge >= 0.3 is 5.97 Å². The lowest BCUT2D eigenvalue weighted by molar-refractivity contribution is 0.0697. The summed E-state index contributed by atoms with van der Waals surface area (Å²) >= 11 is 0. The lowest BCUT2D eigenvalue weighted by atomic mass is 10.0. The molecular weight excluding hydrogens is 438 g/mol. The second-order valence-corrected chi connectivity index (χ2v) is 9.97. The van der Waals surface area contributed by atoms with Crippen LogP contribution in [0.3, 0.4) is 0 Å². The van der Waals surface area contributed by atoms with E-state index in [0.717, 1.165) is 11.1 Å². The van der Waals surface area contributed by atoms with Crippen molar-refractivity contribution in [1.82, 2.24) is 15.0 Å². The SMILES string of the molecule is Cc1ccc(-c2c(S(=O)(=O)c3ccc(C(C)C)cc3)nnn2-c2ccc(C(=O)O)cc2)cc1. The topological polar surface area (TPSA) is 102 Å². The van der Waals surface area contributed by atoms with Gasteiger partial charge < -0.3 is 5.11 Å². The Kier molecular flexibility index (Phi) is 5.86. The van der Waals surface area contributed by atoms with Crippen LogP contribution < -0.4 is 0 Å². The minimum absolute atomic E-state index is 0.119. The number of carboxylic acid groups (broad SMARTS) is 1. The second kappa shape index (κ2) is 8.63. The van der Waals surface area contributed by atoms with Gasteiger partial charge in [-0.2, -0.15) is 0 Å². The highest BCUT2D eigenvalue weighted by Crippen LogP contribution is 2.32. The Morgan fingerprint density at radius 3 is 2.06 bits per heavy atom. The Balaban J connectivity index is 1.89. The summed E-state index contributed by atoms with van der Waals surface area (Å²) in [6.07, 6.45) is 0. The molecule has 8 heteroatoms. The molecule has 4 rings (SSSR count). The zero-order valence-corrected chi connectivity index (χ0v) is 19.2. The quantitative estimate of drug-likeness (QED) is 0.438. The highest BCUT2D eigenvalue weighted by Gasteiger charge is 2.29. The Bertz CT molecular complexity index is 1400. The van der Waals surface area contributed by atoms with E-state index in [1.165, 1.54) is 16.8 Å². The largest absolute Gasteiger partial charge is 0.478 e. The van der Waals surface area contributed by atoms with E-state index in [0.29, 0.717) is 16.9 Å². The predicted molar refractivity (Wildman–Crippen MR) is 124 cm³/mol. The van der Waals surface area contributed by atoms with E-state index >= 15 is 0 Å². The molecule has 0 aliphatic heterocycles. The van der Waals surface area contributed by atoms with Crippen LogP contribution in [0.2, 0.25) is 0 Å². The van der Waals surface area contributed by atoms with Gasteiger partial charge in [0.1, 0.15) is 5.69 Å². The third-order valence-electron chi connectivity index (χ3n) is 5.43. The average molecular weight is 462 g/mol. The highest BCUT2D eigenvalue weighted by molar-refractivity contribution is 7.91. The summed E-state index contributed by atoms with van der Waals surface area (Å²) in [5.74, 6) is -0.772. The van der Waals surface area contributed by atoms with Crippen molar-refractivity contribution in [2.45, 2.75) is 36.6 Å². The maximum atomic E-state index is 13.6. The van der Waals surface area contributed by atoms with Crippen LogP contribution in [0.15, 0.2) is 82.7 Å². The standard InChI is InChI=1S/C25H23N3O4S/c1-16(2)18-10-14-22(15-11-18)33(31,32)24-23(19-6-4-17(3)5-7-19)28(27-26-24)21-12-8-20(9-13-21)25(29)30/h4-16H,1-3H3,(H,29,30). The Hall–Kier alpha value is -3.78.